The van der Waals surface area contributed by atoms with Crippen molar-refractivity contribution in [2.45, 2.75) is 25.8 Å². The smallest absolute Gasteiger partial charge is 0.119 e. The normalized spacial score (nSPS) is 20.2. The first kappa shape index (κ1) is 12.4. The van der Waals surface area contributed by atoms with E-state index in [0.29, 0.717) is 6.04 Å². The fraction of sp³-hybridized carbons (Fsp3) is 0.571. The number of hydrogen-bond acceptors (Lipinski definition) is 3. The Morgan fingerprint density at radius 1 is 1.35 bits per heavy atom. The number of rotatable bonds is 5. The van der Waals surface area contributed by atoms with Crippen LogP contribution in [0.1, 0.15) is 18.9 Å². The van der Waals surface area contributed by atoms with Crippen molar-refractivity contribution < 1.29 is 9.47 Å². The summed E-state index contributed by atoms with van der Waals surface area (Å²) in [5.74, 6) is 0.954. The lowest BCUT2D eigenvalue weighted by atomic mass is 10.1. The number of morpholine rings is 1. The first-order chi connectivity index (χ1) is 8.38. The van der Waals surface area contributed by atoms with Gasteiger partial charge in [0, 0.05) is 12.6 Å². The van der Waals surface area contributed by atoms with Gasteiger partial charge in [0.1, 0.15) is 5.75 Å². The van der Waals surface area contributed by atoms with E-state index < -0.39 is 0 Å². The van der Waals surface area contributed by atoms with E-state index in [1.807, 2.05) is 19.1 Å². The first-order valence-electron chi connectivity index (χ1n) is 6.41. The minimum absolute atomic E-state index is 0.510. The van der Waals surface area contributed by atoms with Crippen LogP contribution in [0.15, 0.2) is 24.3 Å². The van der Waals surface area contributed by atoms with Gasteiger partial charge in [-0.2, -0.15) is 0 Å². The molecule has 0 radical (unpaired) electrons. The minimum Gasteiger partial charge on any atom is -0.494 e. The molecule has 3 heteroatoms. The number of benzene rings is 1. The van der Waals surface area contributed by atoms with Crippen LogP contribution < -0.4 is 10.1 Å². The lowest BCUT2D eigenvalue weighted by molar-refractivity contribution is 0.0743. The maximum atomic E-state index is 5.44. The summed E-state index contributed by atoms with van der Waals surface area (Å²) < 4.78 is 10.9. The van der Waals surface area contributed by atoms with Crippen molar-refractivity contribution in [1.82, 2.24) is 5.32 Å². The van der Waals surface area contributed by atoms with Gasteiger partial charge in [-0.3, -0.25) is 0 Å². The Balaban J connectivity index is 1.77. The molecule has 0 aromatic heterocycles. The highest BCUT2D eigenvalue weighted by molar-refractivity contribution is 5.27. The largest absolute Gasteiger partial charge is 0.494 e. The van der Waals surface area contributed by atoms with Crippen LogP contribution in [-0.4, -0.2) is 32.4 Å². The molecule has 0 aliphatic carbocycles. The number of aryl methyl sites for hydroxylation is 1. The van der Waals surface area contributed by atoms with Crippen molar-refractivity contribution >= 4 is 0 Å². The van der Waals surface area contributed by atoms with E-state index in [1.54, 1.807) is 0 Å². The molecular weight excluding hydrogens is 214 g/mol. The molecule has 1 atom stereocenters. The van der Waals surface area contributed by atoms with Crippen LogP contribution >= 0.6 is 0 Å². The third-order valence-corrected chi connectivity index (χ3v) is 3.01. The quantitative estimate of drug-likeness (QED) is 0.847. The van der Waals surface area contributed by atoms with E-state index in [2.05, 4.69) is 17.4 Å². The summed E-state index contributed by atoms with van der Waals surface area (Å²) in [7, 11) is 0. The van der Waals surface area contributed by atoms with E-state index >= 15 is 0 Å². The second-order valence-corrected chi connectivity index (χ2v) is 4.34. The van der Waals surface area contributed by atoms with Crippen LogP contribution in [0, 0.1) is 0 Å². The first-order valence-corrected chi connectivity index (χ1v) is 6.41. The zero-order chi connectivity index (χ0) is 11.9. The van der Waals surface area contributed by atoms with Crippen LogP contribution in [0.2, 0.25) is 0 Å². The van der Waals surface area contributed by atoms with Gasteiger partial charge < -0.3 is 14.8 Å². The Morgan fingerprint density at radius 3 is 2.82 bits per heavy atom. The van der Waals surface area contributed by atoms with Crippen molar-refractivity contribution in [2.75, 3.05) is 26.4 Å². The van der Waals surface area contributed by atoms with Crippen molar-refractivity contribution in [3.05, 3.63) is 29.8 Å². The highest BCUT2D eigenvalue weighted by Gasteiger charge is 2.12. The summed E-state index contributed by atoms with van der Waals surface area (Å²) in [6.07, 6.45) is 2.22. The van der Waals surface area contributed by atoms with E-state index in [0.717, 1.165) is 45.0 Å². The average Bonchev–Trinajstić information content (AvgIpc) is 2.40. The van der Waals surface area contributed by atoms with Gasteiger partial charge in [-0.05, 0) is 37.5 Å². The lowest BCUT2D eigenvalue weighted by Crippen LogP contribution is -2.41. The minimum atomic E-state index is 0.510. The van der Waals surface area contributed by atoms with Crippen LogP contribution in [0.3, 0.4) is 0 Å². The standard InChI is InChI=1S/C14H21NO2/c1-2-17-14-7-4-12(5-8-14)3-6-13-11-16-10-9-15-13/h4-5,7-8,13,15H,2-3,6,9-11H2,1H3. The number of ether oxygens (including phenoxy) is 2. The molecule has 0 saturated carbocycles. The van der Waals surface area contributed by atoms with Gasteiger partial charge in [0.2, 0.25) is 0 Å². The summed E-state index contributed by atoms with van der Waals surface area (Å²) in [5, 5.41) is 3.47. The molecule has 1 N–H and O–H groups in total. The highest BCUT2D eigenvalue weighted by Crippen LogP contribution is 2.14. The van der Waals surface area contributed by atoms with Gasteiger partial charge in [-0.15, -0.1) is 0 Å². The second-order valence-electron chi connectivity index (χ2n) is 4.34. The third-order valence-electron chi connectivity index (χ3n) is 3.01. The molecule has 1 fully saturated rings. The molecule has 17 heavy (non-hydrogen) atoms. The Hall–Kier alpha value is -1.06. The molecule has 94 valence electrons. The Bertz CT molecular complexity index is 317. The van der Waals surface area contributed by atoms with Gasteiger partial charge in [-0.25, -0.2) is 0 Å². The molecule has 1 heterocycles. The predicted molar refractivity (Wildman–Crippen MR) is 68.5 cm³/mol. The van der Waals surface area contributed by atoms with Crippen molar-refractivity contribution in [2.24, 2.45) is 0 Å². The summed E-state index contributed by atoms with van der Waals surface area (Å²) in [6.45, 7) is 5.40. The van der Waals surface area contributed by atoms with Crippen LogP contribution in [-0.2, 0) is 11.2 Å². The molecule has 0 amide bonds. The van der Waals surface area contributed by atoms with E-state index in [-0.39, 0.29) is 0 Å². The maximum Gasteiger partial charge on any atom is 0.119 e. The molecular formula is C14H21NO2. The van der Waals surface area contributed by atoms with Gasteiger partial charge in [0.15, 0.2) is 0 Å². The SMILES string of the molecule is CCOc1ccc(CCC2COCCN2)cc1. The fourth-order valence-corrected chi connectivity index (χ4v) is 2.07. The maximum absolute atomic E-state index is 5.44. The van der Waals surface area contributed by atoms with Crippen LogP contribution in [0.5, 0.6) is 5.75 Å². The van der Waals surface area contributed by atoms with Crippen molar-refractivity contribution in [1.29, 1.82) is 0 Å². The molecule has 1 aliphatic heterocycles. The van der Waals surface area contributed by atoms with Gasteiger partial charge >= 0.3 is 0 Å². The van der Waals surface area contributed by atoms with Crippen LogP contribution in [0.25, 0.3) is 0 Å². The molecule has 3 nitrogen and oxygen atoms in total. The molecule has 1 aromatic rings. The molecule has 1 aliphatic rings. The topological polar surface area (TPSA) is 30.5 Å². The summed E-state index contributed by atoms with van der Waals surface area (Å²) in [4.78, 5) is 0. The third kappa shape index (κ3) is 4.02. The average molecular weight is 235 g/mol. The summed E-state index contributed by atoms with van der Waals surface area (Å²) >= 11 is 0. The monoisotopic (exact) mass is 235 g/mol. The Labute approximate surface area is 103 Å². The predicted octanol–water partition coefficient (Wildman–Crippen LogP) is 2.01. The van der Waals surface area contributed by atoms with Crippen LogP contribution in [0.4, 0.5) is 0 Å². The highest BCUT2D eigenvalue weighted by atomic mass is 16.5. The molecule has 0 spiro atoms. The molecule has 1 unspecified atom stereocenters. The lowest BCUT2D eigenvalue weighted by Gasteiger charge is -2.23. The summed E-state index contributed by atoms with van der Waals surface area (Å²) in [5.41, 5.74) is 1.36. The van der Waals surface area contributed by atoms with E-state index in [1.165, 1.54) is 5.56 Å². The van der Waals surface area contributed by atoms with Gasteiger partial charge in [0.05, 0.1) is 19.8 Å². The molecule has 1 saturated heterocycles. The van der Waals surface area contributed by atoms with E-state index in [9.17, 15) is 0 Å². The zero-order valence-electron chi connectivity index (χ0n) is 10.4. The zero-order valence-corrected chi connectivity index (χ0v) is 10.4. The Morgan fingerprint density at radius 2 is 2.18 bits per heavy atom. The van der Waals surface area contributed by atoms with Crippen molar-refractivity contribution in [3.8, 4) is 5.75 Å². The number of hydrogen-bond donors (Lipinski definition) is 1. The molecule has 2 rings (SSSR count). The molecule has 0 bridgehead atoms. The summed E-state index contributed by atoms with van der Waals surface area (Å²) in [6, 6.07) is 8.90. The molecule has 1 aromatic carbocycles. The van der Waals surface area contributed by atoms with Gasteiger partial charge in [0.25, 0.3) is 0 Å². The van der Waals surface area contributed by atoms with E-state index in [4.69, 9.17) is 9.47 Å². The van der Waals surface area contributed by atoms with Gasteiger partial charge in [-0.1, -0.05) is 12.1 Å². The Kier molecular flexibility index (Phi) is 4.83. The number of nitrogens with one attached hydrogen (secondary N) is 1. The fourth-order valence-electron chi connectivity index (χ4n) is 2.07. The van der Waals surface area contributed by atoms with Crippen molar-refractivity contribution in [3.63, 3.8) is 0 Å². The second kappa shape index (κ2) is 6.62.